The average Bonchev–Trinajstić information content (AvgIpc) is 3.03. The van der Waals surface area contributed by atoms with Crippen molar-refractivity contribution in [1.29, 1.82) is 0 Å². The number of hydrogen-bond donors (Lipinski definition) is 0. The van der Waals surface area contributed by atoms with Crippen LogP contribution in [0, 0.1) is 0 Å². The van der Waals surface area contributed by atoms with Gasteiger partial charge in [-0.25, -0.2) is 0 Å². The first kappa shape index (κ1) is 16.1. The summed E-state index contributed by atoms with van der Waals surface area (Å²) in [6, 6.07) is 13.2. The molecule has 0 fully saturated rings. The van der Waals surface area contributed by atoms with E-state index in [1.807, 2.05) is 6.07 Å². The molecule has 2 aromatic carbocycles. The first-order valence-electron chi connectivity index (χ1n) is 7.35. The lowest BCUT2D eigenvalue weighted by Gasteiger charge is -2.25. The highest BCUT2D eigenvalue weighted by atomic mass is 35.7. The number of benzene rings is 2. The zero-order valence-electron chi connectivity index (χ0n) is 12.7. The number of rotatable bonds is 4. The average molecular weight is 346 g/mol. The summed E-state index contributed by atoms with van der Waals surface area (Å²) in [7, 11) is 8.82. The van der Waals surface area contributed by atoms with Crippen molar-refractivity contribution in [3.8, 4) is 0 Å². The lowest BCUT2D eigenvalue weighted by atomic mass is 10.1. The Morgan fingerprint density at radius 2 is 1.96 bits per heavy atom. The Kier molecular flexibility index (Phi) is 4.74. The largest absolute Gasteiger partial charge is 0.338 e. The highest BCUT2D eigenvalue weighted by molar-refractivity contribution is 8.21. The molecule has 1 aliphatic rings. The van der Waals surface area contributed by atoms with Crippen LogP contribution in [0.5, 0.6) is 0 Å². The molecule has 0 heterocycles. The van der Waals surface area contributed by atoms with Crippen LogP contribution < -0.4 is 0 Å². The van der Waals surface area contributed by atoms with Crippen molar-refractivity contribution < 1.29 is 9.59 Å². The third-order valence-electron chi connectivity index (χ3n) is 4.36. The molecule has 0 saturated heterocycles. The van der Waals surface area contributed by atoms with Crippen molar-refractivity contribution in [3.05, 3.63) is 64.7 Å². The van der Waals surface area contributed by atoms with Crippen LogP contribution in [-0.4, -0.2) is 30.2 Å². The van der Waals surface area contributed by atoms with Crippen LogP contribution in [-0.2, 0) is 12.8 Å². The van der Waals surface area contributed by atoms with Gasteiger partial charge in [0.2, 0.25) is 0 Å². The molecule has 0 spiro atoms. The van der Waals surface area contributed by atoms with Gasteiger partial charge in [0, 0.05) is 23.5 Å². The van der Waals surface area contributed by atoms with Crippen LogP contribution in [0.3, 0.4) is 0 Å². The minimum atomic E-state index is -0.113. The fraction of sp³-hybridized carbons (Fsp3) is 0.222. The Balaban J connectivity index is 1.80. The predicted molar refractivity (Wildman–Crippen MR) is 93.3 cm³/mol. The van der Waals surface area contributed by atoms with Crippen molar-refractivity contribution in [2.24, 2.45) is 0 Å². The van der Waals surface area contributed by atoms with Crippen LogP contribution in [0.4, 0.5) is 0 Å². The van der Waals surface area contributed by atoms with Crippen LogP contribution in [0.25, 0.3) is 0 Å². The van der Waals surface area contributed by atoms with Gasteiger partial charge in [-0.1, -0.05) is 24.3 Å². The highest BCUT2D eigenvalue weighted by Crippen LogP contribution is 2.31. The molecule has 0 aliphatic heterocycles. The molecule has 3 rings (SSSR count). The number of amides is 1. The second-order valence-electron chi connectivity index (χ2n) is 5.69. The predicted octanol–water partition coefficient (Wildman–Crippen LogP) is 3.98. The van der Waals surface area contributed by atoms with Gasteiger partial charge in [-0.2, -0.15) is 0 Å². The van der Waals surface area contributed by atoms with Crippen molar-refractivity contribution in [2.75, 3.05) is 7.05 Å². The van der Waals surface area contributed by atoms with E-state index in [1.165, 1.54) is 22.1 Å². The minimum absolute atomic E-state index is 0.104. The molecule has 0 saturated carbocycles. The molecule has 0 radical (unpaired) electrons. The van der Waals surface area contributed by atoms with E-state index in [1.54, 1.807) is 36.2 Å². The molecule has 5 heteroatoms. The van der Waals surface area contributed by atoms with Gasteiger partial charge in [-0.05, 0) is 63.8 Å². The van der Waals surface area contributed by atoms with E-state index in [0.29, 0.717) is 11.1 Å². The maximum atomic E-state index is 12.7. The van der Waals surface area contributed by atoms with Gasteiger partial charge < -0.3 is 4.90 Å². The van der Waals surface area contributed by atoms with E-state index in [0.717, 1.165) is 24.0 Å². The fourth-order valence-electron chi connectivity index (χ4n) is 3.04. The smallest absolute Gasteiger partial charge is 0.254 e. The molecule has 1 amide bonds. The summed E-state index contributed by atoms with van der Waals surface area (Å²) in [5.41, 5.74) is 3.38. The lowest BCUT2D eigenvalue weighted by molar-refractivity contribution is 0.0735. The number of halogens is 1. The second-order valence-corrected chi connectivity index (χ2v) is 6.78. The van der Waals surface area contributed by atoms with Crippen molar-refractivity contribution in [2.45, 2.75) is 23.8 Å². The molecular formula is C18H16ClNO2S. The number of aldehydes is 1. The minimum Gasteiger partial charge on any atom is -0.338 e. The van der Waals surface area contributed by atoms with Crippen molar-refractivity contribution >= 4 is 33.9 Å². The molecule has 0 bridgehead atoms. The topological polar surface area (TPSA) is 37.4 Å². The summed E-state index contributed by atoms with van der Waals surface area (Å²) >= 11 is 0. The quantitative estimate of drug-likeness (QED) is 0.786. The third kappa shape index (κ3) is 3.14. The van der Waals surface area contributed by atoms with Crippen LogP contribution >= 0.6 is 21.7 Å². The van der Waals surface area contributed by atoms with Crippen LogP contribution in [0.2, 0.25) is 0 Å². The maximum absolute atomic E-state index is 12.7. The van der Waals surface area contributed by atoms with E-state index in [2.05, 4.69) is 12.1 Å². The van der Waals surface area contributed by atoms with Crippen LogP contribution in [0.15, 0.2) is 47.4 Å². The molecule has 3 nitrogen and oxygen atoms in total. The van der Waals surface area contributed by atoms with Gasteiger partial charge in [0.25, 0.3) is 5.91 Å². The Labute approximate surface area is 144 Å². The zero-order valence-corrected chi connectivity index (χ0v) is 14.2. The Morgan fingerprint density at radius 1 is 1.22 bits per heavy atom. The fourth-order valence-corrected chi connectivity index (χ4v) is 3.64. The summed E-state index contributed by atoms with van der Waals surface area (Å²) < 4.78 is 0. The number of likely N-dealkylation sites (N-methyl/N-ethyl adjacent to an activating group) is 1. The summed E-state index contributed by atoms with van der Waals surface area (Å²) in [6.45, 7) is 0. The molecule has 23 heavy (non-hydrogen) atoms. The van der Waals surface area contributed by atoms with Gasteiger partial charge in [-0.15, -0.1) is 0 Å². The lowest BCUT2D eigenvalue weighted by Crippen LogP contribution is -2.38. The van der Waals surface area contributed by atoms with Crippen molar-refractivity contribution in [3.63, 3.8) is 0 Å². The SMILES string of the molecule is CN(C(=O)c1ccccc1C=O)C1Cc2ccc(SCl)cc2C1. The number of carbonyl (C=O) groups is 2. The van der Waals surface area contributed by atoms with E-state index in [9.17, 15) is 9.59 Å². The molecule has 1 unspecified atom stereocenters. The molecule has 2 aromatic rings. The maximum Gasteiger partial charge on any atom is 0.254 e. The van der Waals surface area contributed by atoms with Gasteiger partial charge in [0.1, 0.15) is 0 Å². The Hall–Kier alpha value is -1.78. The summed E-state index contributed by atoms with van der Waals surface area (Å²) in [6.07, 6.45) is 2.37. The first-order valence-corrected chi connectivity index (χ1v) is 9.00. The number of carbonyl (C=O) groups excluding carboxylic acids is 2. The summed E-state index contributed by atoms with van der Waals surface area (Å²) in [5.74, 6) is -0.113. The number of fused-ring (bicyclic) bond motifs is 1. The van der Waals surface area contributed by atoms with E-state index < -0.39 is 0 Å². The first-order chi connectivity index (χ1) is 11.1. The number of nitrogens with zero attached hydrogens (tertiary/aromatic N) is 1. The van der Waals surface area contributed by atoms with Crippen molar-refractivity contribution in [1.82, 2.24) is 4.90 Å². The second kappa shape index (κ2) is 6.77. The summed E-state index contributed by atoms with van der Waals surface area (Å²) in [4.78, 5) is 26.6. The monoisotopic (exact) mass is 345 g/mol. The van der Waals surface area contributed by atoms with E-state index in [-0.39, 0.29) is 11.9 Å². The number of hydrogen-bond acceptors (Lipinski definition) is 3. The molecular weight excluding hydrogens is 330 g/mol. The zero-order chi connectivity index (χ0) is 16.4. The molecule has 1 atom stereocenters. The summed E-state index contributed by atoms with van der Waals surface area (Å²) in [5, 5.41) is 0. The standard InChI is InChI=1S/C18H16ClNO2S/c1-20(18(22)17-5-3-2-4-13(17)11-21)15-8-12-6-7-16(23-19)10-14(12)9-15/h2-7,10-11,15H,8-9H2,1H3. The van der Waals surface area contributed by atoms with Gasteiger partial charge in [0.05, 0.1) is 5.56 Å². The Morgan fingerprint density at radius 3 is 2.70 bits per heavy atom. The molecule has 0 N–H and O–H groups in total. The van der Waals surface area contributed by atoms with Gasteiger partial charge in [0.15, 0.2) is 6.29 Å². The highest BCUT2D eigenvalue weighted by Gasteiger charge is 2.29. The van der Waals surface area contributed by atoms with Gasteiger partial charge >= 0.3 is 0 Å². The Bertz CT molecular complexity index is 762. The van der Waals surface area contributed by atoms with Crippen LogP contribution in [0.1, 0.15) is 31.8 Å². The molecule has 118 valence electrons. The van der Waals surface area contributed by atoms with Gasteiger partial charge in [-0.3, -0.25) is 9.59 Å². The van der Waals surface area contributed by atoms with E-state index in [4.69, 9.17) is 10.7 Å². The van der Waals surface area contributed by atoms with E-state index >= 15 is 0 Å². The molecule has 0 aromatic heterocycles. The normalized spacial score (nSPS) is 16.0. The molecule has 1 aliphatic carbocycles. The third-order valence-corrected chi connectivity index (χ3v) is 5.33.